The van der Waals surface area contributed by atoms with Crippen LogP contribution in [-0.4, -0.2) is 29.0 Å². The molecule has 0 atom stereocenters. The highest BCUT2D eigenvalue weighted by Crippen LogP contribution is 2.46. The zero-order valence-electron chi connectivity index (χ0n) is 11.3. The third-order valence-corrected chi connectivity index (χ3v) is 7.27. The first-order chi connectivity index (χ1) is 7.05. The second-order valence-corrected chi connectivity index (χ2v) is 16.2. The molecule has 4 nitrogen and oxygen atoms in total. The van der Waals surface area contributed by atoms with Crippen molar-refractivity contribution in [3.8, 4) is 0 Å². The van der Waals surface area contributed by atoms with Crippen molar-refractivity contribution in [2.45, 2.75) is 46.2 Å². The number of carbonyl (C=O) groups excluding carboxylic acids is 1. The zero-order valence-corrected chi connectivity index (χ0v) is 14.2. The summed E-state index contributed by atoms with van der Waals surface area (Å²) in [5, 5.41) is 0. The van der Waals surface area contributed by atoms with E-state index in [1.54, 1.807) is 6.92 Å². The molecule has 0 N–H and O–H groups in total. The van der Waals surface area contributed by atoms with Crippen molar-refractivity contribution in [1.82, 2.24) is 0 Å². The molecular formula is C9H23O4PSi2. The molecule has 0 fully saturated rings. The molecule has 7 heteroatoms. The second-order valence-electron chi connectivity index (χ2n) is 5.36. The quantitative estimate of drug-likeness (QED) is 0.542. The van der Waals surface area contributed by atoms with Crippen LogP contribution >= 0.6 is 8.38 Å². The van der Waals surface area contributed by atoms with Crippen LogP contribution in [0.25, 0.3) is 0 Å². The van der Waals surface area contributed by atoms with Gasteiger partial charge in [0, 0.05) is 0 Å². The summed E-state index contributed by atoms with van der Waals surface area (Å²) in [6.45, 7) is 14.4. The van der Waals surface area contributed by atoms with Gasteiger partial charge in [-0.2, -0.15) is 0 Å². The Hall–Kier alpha value is 0.254. The van der Waals surface area contributed by atoms with E-state index in [9.17, 15) is 4.79 Å². The molecule has 0 spiro atoms. The fourth-order valence-electron chi connectivity index (χ4n) is 0.767. The summed E-state index contributed by atoms with van der Waals surface area (Å²) < 4.78 is 16.5. The van der Waals surface area contributed by atoms with Crippen LogP contribution in [0.5, 0.6) is 0 Å². The van der Waals surface area contributed by atoms with E-state index in [0.29, 0.717) is 6.61 Å². The lowest BCUT2D eigenvalue weighted by atomic mass is 10.9. The van der Waals surface area contributed by atoms with Crippen LogP contribution in [0, 0.1) is 0 Å². The SMILES string of the molecule is CCOC(=O)P(O[Si](C)(C)C)O[Si](C)(C)C. The van der Waals surface area contributed by atoms with Crippen LogP contribution in [0.4, 0.5) is 4.79 Å². The van der Waals surface area contributed by atoms with Crippen LogP contribution < -0.4 is 0 Å². The molecule has 0 aromatic rings. The largest absolute Gasteiger partial charge is 0.459 e. The van der Waals surface area contributed by atoms with Gasteiger partial charge in [0.2, 0.25) is 0 Å². The van der Waals surface area contributed by atoms with Crippen LogP contribution in [0.15, 0.2) is 0 Å². The molecule has 0 saturated carbocycles. The van der Waals surface area contributed by atoms with Crippen molar-refractivity contribution < 1.29 is 18.0 Å². The first-order valence-corrected chi connectivity index (χ1v) is 13.4. The maximum atomic E-state index is 11.7. The average Bonchev–Trinajstić information content (AvgIpc) is 1.97. The van der Waals surface area contributed by atoms with E-state index < -0.39 is 25.0 Å². The predicted octanol–water partition coefficient (Wildman–Crippen LogP) is 4.16. The summed E-state index contributed by atoms with van der Waals surface area (Å²) in [5.41, 5.74) is -0.345. The number of rotatable bonds is 6. The minimum Gasteiger partial charge on any atom is -0.459 e. The molecule has 0 bridgehead atoms. The summed E-state index contributed by atoms with van der Waals surface area (Å²) >= 11 is 0. The fourth-order valence-corrected chi connectivity index (χ4v) is 6.06. The van der Waals surface area contributed by atoms with Gasteiger partial charge >= 0.3 is 5.71 Å². The number of hydrogen-bond acceptors (Lipinski definition) is 4. The standard InChI is InChI=1S/C9H23O4PSi2/c1-8-11-9(10)14(12-15(2,3)4)13-16(5,6)7/h8H2,1-7H3. The average molecular weight is 282 g/mol. The van der Waals surface area contributed by atoms with E-state index in [0.717, 1.165) is 0 Å². The molecule has 0 aliphatic rings. The lowest BCUT2D eigenvalue weighted by Gasteiger charge is -2.28. The smallest absolute Gasteiger partial charge is 0.382 e. The van der Waals surface area contributed by atoms with Gasteiger partial charge in [-0.3, -0.25) is 0 Å². The maximum Gasteiger partial charge on any atom is 0.382 e. The van der Waals surface area contributed by atoms with Crippen molar-refractivity contribution in [3.63, 3.8) is 0 Å². The molecule has 0 radical (unpaired) electrons. The summed E-state index contributed by atoms with van der Waals surface area (Å²) in [5.74, 6) is 0. The van der Waals surface area contributed by atoms with Gasteiger partial charge in [-0.1, -0.05) is 0 Å². The van der Waals surface area contributed by atoms with Gasteiger partial charge in [0.15, 0.2) is 16.6 Å². The maximum absolute atomic E-state index is 11.7. The van der Waals surface area contributed by atoms with Gasteiger partial charge in [0.05, 0.1) is 6.61 Å². The highest BCUT2D eigenvalue weighted by atomic mass is 31.2. The highest BCUT2D eigenvalue weighted by molar-refractivity contribution is 7.67. The Bertz CT molecular complexity index is 219. The van der Waals surface area contributed by atoms with E-state index in [1.165, 1.54) is 0 Å². The van der Waals surface area contributed by atoms with Crippen molar-refractivity contribution in [2.75, 3.05) is 6.61 Å². The summed E-state index contributed by atoms with van der Waals surface area (Å²) in [7, 11) is -5.11. The number of ether oxygens (including phenoxy) is 1. The van der Waals surface area contributed by atoms with Gasteiger partial charge < -0.3 is 13.2 Å². The molecule has 0 aromatic heterocycles. The molecule has 0 rings (SSSR count). The van der Waals surface area contributed by atoms with Crippen LogP contribution in [0.2, 0.25) is 39.3 Å². The second kappa shape index (κ2) is 6.26. The summed E-state index contributed by atoms with van der Waals surface area (Å²) in [6, 6.07) is 0. The number of carbonyl (C=O) groups is 1. The van der Waals surface area contributed by atoms with Crippen molar-refractivity contribution in [3.05, 3.63) is 0 Å². The Morgan fingerprint density at radius 2 is 1.38 bits per heavy atom. The van der Waals surface area contributed by atoms with Gasteiger partial charge in [-0.25, -0.2) is 4.79 Å². The summed E-state index contributed by atoms with van der Waals surface area (Å²) in [4.78, 5) is 11.7. The minimum atomic E-state index is -1.79. The van der Waals surface area contributed by atoms with Gasteiger partial charge in [0.1, 0.15) is 0 Å². The highest BCUT2D eigenvalue weighted by Gasteiger charge is 2.34. The van der Waals surface area contributed by atoms with Crippen LogP contribution in [-0.2, 0) is 13.2 Å². The molecule has 96 valence electrons. The van der Waals surface area contributed by atoms with E-state index in [2.05, 4.69) is 0 Å². The van der Waals surface area contributed by atoms with Crippen LogP contribution in [0.3, 0.4) is 0 Å². The van der Waals surface area contributed by atoms with Crippen molar-refractivity contribution >= 4 is 30.7 Å². The first-order valence-electron chi connectivity index (χ1n) is 5.40. The Kier molecular flexibility index (Phi) is 6.36. The molecule has 0 aliphatic heterocycles. The normalized spacial score (nSPS) is 13.0. The fraction of sp³-hybridized carbons (Fsp3) is 0.889. The topological polar surface area (TPSA) is 44.8 Å². The Labute approximate surface area is 102 Å². The van der Waals surface area contributed by atoms with E-state index in [1.807, 2.05) is 39.3 Å². The van der Waals surface area contributed by atoms with Gasteiger partial charge in [0.25, 0.3) is 8.38 Å². The van der Waals surface area contributed by atoms with Crippen LogP contribution in [0.1, 0.15) is 6.92 Å². The molecule has 0 heterocycles. The Morgan fingerprint density at radius 3 is 1.62 bits per heavy atom. The van der Waals surface area contributed by atoms with E-state index >= 15 is 0 Å². The van der Waals surface area contributed by atoms with E-state index in [4.69, 9.17) is 13.2 Å². The molecule has 0 aliphatic carbocycles. The monoisotopic (exact) mass is 282 g/mol. The van der Waals surface area contributed by atoms with Crippen molar-refractivity contribution in [1.29, 1.82) is 0 Å². The van der Waals surface area contributed by atoms with Gasteiger partial charge in [-0.05, 0) is 46.2 Å². The summed E-state index contributed by atoms with van der Waals surface area (Å²) in [6.07, 6.45) is 0. The Morgan fingerprint density at radius 1 is 1.00 bits per heavy atom. The third-order valence-electron chi connectivity index (χ3n) is 1.13. The first kappa shape index (κ1) is 16.3. The third kappa shape index (κ3) is 8.41. The predicted molar refractivity (Wildman–Crippen MR) is 72.8 cm³/mol. The van der Waals surface area contributed by atoms with Gasteiger partial charge in [-0.15, -0.1) is 0 Å². The number of hydrogen-bond donors (Lipinski definition) is 0. The molecule has 0 unspecified atom stereocenters. The molecule has 0 amide bonds. The zero-order chi connectivity index (χ0) is 13.0. The minimum absolute atomic E-state index is 0.345. The van der Waals surface area contributed by atoms with E-state index in [-0.39, 0.29) is 5.71 Å². The molecule has 0 aromatic carbocycles. The molecule has 0 saturated heterocycles. The Balaban J connectivity index is 4.57. The van der Waals surface area contributed by atoms with Crippen molar-refractivity contribution in [2.24, 2.45) is 0 Å². The molecular weight excluding hydrogens is 259 g/mol. The lowest BCUT2D eigenvalue weighted by molar-refractivity contribution is 0.175. The molecule has 16 heavy (non-hydrogen) atoms. The lowest BCUT2D eigenvalue weighted by Crippen LogP contribution is -2.30.